The molecule has 0 N–H and O–H groups in total. The number of nitrogens with zero attached hydrogens (tertiary/aromatic N) is 12. The summed E-state index contributed by atoms with van der Waals surface area (Å²) in [5.41, 5.74) is 30.9. The minimum atomic E-state index is -3.38. The van der Waals surface area contributed by atoms with E-state index in [0.29, 0.717) is 13.0 Å². The molecule has 0 bridgehead atoms. The van der Waals surface area contributed by atoms with E-state index in [-0.39, 0.29) is 48.0 Å². The van der Waals surface area contributed by atoms with Gasteiger partial charge in [0.15, 0.2) is 0 Å². The van der Waals surface area contributed by atoms with Crippen LogP contribution in [0.1, 0.15) is 48.9 Å². The number of hydrogen-bond acceptors (Lipinski definition) is 10. The smallest absolute Gasteiger partial charge is 0.373 e. The van der Waals surface area contributed by atoms with Crippen molar-refractivity contribution in [3.63, 3.8) is 0 Å². The molecule has 64 heavy (non-hydrogen) atoms. The third-order valence-corrected chi connectivity index (χ3v) is 11.0. The van der Waals surface area contributed by atoms with Crippen LogP contribution in [0.25, 0.3) is 26.4 Å². The summed E-state index contributed by atoms with van der Waals surface area (Å²) in [6, 6.07) is 25.0. The largest absolute Gasteiger partial charge is 1.00 e. The molecule has 0 atom stereocenters. The number of anilines is 2. The molecule has 2 aromatic carbocycles. The van der Waals surface area contributed by atoms with Crippen LogP contribution in [0.2, 0.25) is 0 Å². The number of benzene rings is 2. The van der Waals surface area contributed by atoms with Crippen molar-refractivity contribution in [3.05, 3.63) is 145 Å². The number of alkyl halides is 1. The van der Waals surface area contributed by atoms with E-state index in [9.17, 15) is 22.4 Å². The number of pyridine rings is 2. The topological polar surface area (TPSA) is 224 Å². The Morgan fingerprint density at radius 3 is 1.34 bits per heavy atom. The zero-order chi connectivity index (χ0) is 46.7. The number of halogens is 1. The summed E-state index contributed by atoms with van der Waals surface area (Å²) in [6.07, 6.45) is 9.85. The molecule has 2 fully saturated rings. The number of aromatic nitrogens is 2. The molecule has 0 unspecified atom stereocenters. The molecule has 17 nitrogen and oxygen atoms in total. The Bertz CT molecular complexity index is 2200. The second kappa shape index (κ2) is 30.0. The van der Waals surface area contributed by atoms with Crippen LogP contribution in [0.15, 0.2) is 90.3 Å². The van der Waals surface area contributed by atoms with E-state index < -0.39 is 17.3 Å². The van der Waals surface area contributed by atoms with Gasteiger partial charge < -0.3 is 30.7 Å². The van der Waals surface area contributed by atoms with Crippen molar-refractivity contribution in [2.75, 3.05) is 88.7 Å². The fourth-order valence-electron chi connectivity index (χ4n) is 6.89. The second-order valence-electron chi connectivity index (χ2n) is 14.7. The first-order valence-electron chi connectivity index (χ1n) is 21.2. The van der Waals surface area contributed by atoms with E-state index in [0.717, 1.165) is 119 Å². The van der Waals surface area contributed by atoms with Gasteiger partial charge in [-0.25, -0.2) is 0 Å². The molecule has 2 aliphatic rings. The van der Waals surface area contributed by atoms with Crippen molar-refractivity contribution in [1.82, 2.24) is 19.8 Å². The number of rotatable bonds is 15. The van der Waals surface area contributed by atoms with Crippen LogP contribution in [0.4, 0.5) is 15.8 Å². The fraction of sp³-hybridized carbons (Fsp3) is 0.455. The Morgan fingerprint density at radius 1 is 0.672 bits per heavy atom. The molecular formula is C44H58FN12NaO5S. The van der Waals surface area contributed by atoms with Gasteiger partial charge in [0.2, 0.25) is 11.8 Å². The Hall–Kier alpha value is -5.26. The van der Waals surface area contributed by atoms with Gasteiger partial charge in [-0.05, 0) is 90.6 Å². The number of piperazine rings is 2. The van der Waals surface area contributed by atoms with Gasteiger partial charge in [0.25, 0.3) is 10.1 Å². The molecule has 338 valence electrons. The van der Waals surface area contributed by atoms with E-state index in [1.807, 2.05) is 34.3 Å². The summed E-state index contributed by atoms with van der Waals surface area (Å²) < 4.78 is 42.3. The fourth-order valence-corrected chi connectivity index (χ4v) is 7.27. The standard InChI is InChI=1S/C22H29N3O4S.C21H26N6O.CH3F.N3.Na/c1-18(26)24-12-14-25(15-13-24)22-10-9-21(23-17-22)8-7-19-3-5-20(6-4-19)11-16-29-30(2,27)28;1-17(28)26-12-14-27(15-13-26)21-9-8-20(23-16-21)7-6-18-2-4-19(5-3-18)10-11-24-25-22;1-2;1-3-2;/h3-6,9-10,17H,7-8,11-16H2,1-2H3;2-5,8-9,16H,6-7,10-15H2,1H3;1H3;;/q;;;-1;+1/i;;1D;;. The summed E-state index contributed by atoms with van der Waals surface area (Å²) in [5.74, 6) is 0.287. The normalized spacial score (nSPS) is 13.4. The molecule has 2 aliphatic heterocycles. The summed E-state index contributed by atoms with van der Waals surface area (Å²) in [4.78, 5) is 44.7. The van der Waals surface area contributed by atoms with Crippen LogP contribution < -0.4 is 39.4 Å². The van der Waals surface area contributed by atoms with Crippen LogP contribution >= 0.6 is 0 Å². The summed E-state index contributed by atoms with van der Waals surface area (Å²) in [7, 11) is -4.38. The van der Waals surface area contributed by atoms with Crippen LogP contribution in [0, 0.1) is 0 Å². The number of azide groups is 1. The Morgan fingerprint density at radius 2 is 1.03 bits per heavy atom. The molecule has 2 amide bonds. The first-order valence-corrected chi connectivity index (χ1v) is 22.4. The maximum absolute atomic E-state index is 11.4. The number of hydrogen-bond donors (Lipinski definition) is 0. The first kappa shape index (κ1) is 53.1. The van der Waals surface area contributed by atoms with Crippen molar-refractivity contribution in [1.29, 1.82) is 0 Å². The van der Waals surface area contributed by atoms with E-state index >= 15 is 0 Å². The molecule has 0 radical (unpaired) electrons. The van der Waals surface area contributed by atoms with Crippen LogP contribution in [-0.4, -0.2) is 119 Å². The molecule has 0 spiro atoms. The maximum Gasteiger partial charge on any atom is 1.00 e. The monoisotopic (exact) mass is 909 g/mol. The van der Waals surface area contributed by atoms with Crippen molar-refractivity contribution in [2.45, 2.75) is 52.4 Å². The molecule has 20 heteroatoms. The van der Waals surface area contributed by atoms with Gasteiger partial charge >= 0.3 is 29.6 Å². The van der Waals surface area contributed by atoms with Gasteiger partial charge in [-0.15, -0.1) is 0 Å². The van der Waals surface area contributed by atoms with Gasteiger partial charge in [0.1, 0.15) is 0 Å². The molecule has 0 saturated carbocycles. The molecule has 2 saturated heterocycles. The Kier molecular flexibility index (Phi) is 24.9. The average molecular weight is 910 g/mol. The van der Waals surface area contributed by atoms with Crippen LogP contribution in [0.3, 0.4) is 0 Å². The summed E-state index contributed by atoms with van der Waals surface area (Å²) in [6.45, 7) is 10.3. The van der Waals surface area contributed by atoms with E-state index in [1.54, 1.807) is 13.8 Å². The van der Waals surface area contributed by atoms with Crippen molar-refractivity contribution in [2.24, 2.45) is 5.11 Å². The minimum absolute atomic E-state index is 0. The molecular weight excluding hydrogens is 851 g/mol. The van der Waals surface area contributed by atoms with Crippen molar-refractivity contribution < 1.29 is 57.5 Å². The molecule has 4 heterocycles. The second-order valence-corrected chi connectivity index (χ2v) is 16.3. The van der Waals surface area contributed by atoms with Gasteiger partial charge in [-0.1, -0.05) is 53.6 Å². The number of aryl methyl sites for hydroxylation is 4. The minimum Gasteiger partial charge on any atom is -0.373 e. The van der Waals surface area contributed by atoms with Gasteiger partial charge in [-0.3, -0.25) is 33.0 Å². The predicted octanol–water partition coefficient (Wildman–Crippen LogP) is 3.90. The third-order valence-electron chi connectivity index (χ3n) is 10.4. The molecule has 0 aliphatic carbocycles. The number of amides is 2. The Labute approximate surface area is 399 Å². The molecule has 4 aromatic rings. The Balaban J connectivity index is 0.000000394. The van der Waals surface area contributed by atoms with Gasteiger partial charge in [-0.2, -0.15) is 8.42 Å². The molecule has 2 aromatic heterocycles. The quantitative estimate of drug-likeness (QED) is 0.0554. The van der Waals surface area contributed by atoms with Crippen LogP contribution in [-0.2, 0) is 62.4 Å². The van der Waals surface area contributed by atoms with Crippen molar-refractivity contribution in [3.8, 4) is 0 Å². The van der Waals surface area contributed by atoms with Gasteiger partial charge in [0.05, 0.1) is 45.2 Å². The van der Waals surface area contributed by atoms with E-state index in [4.69, 9.17) is 22.1 Å². The van der Waals surface area contributed by atoms with E-state index in [2.05, 4.69) is 90.5 Å². The molecule has 6 rings (SSSR count). The first-order chi connectivity index (χ1) is 30.8. The number of carbonyl (C=O) groups is 2. The average Bonchev–Trinajstić information content (AvgIpc) is 3.29. The third kappa shape index (κ3) is 20.5. The SMILES string of the molecule is CC(=O)N1CCN(c2ccc(CCc3ccc(CCN=[N+]=[N-])cc3)nc2)CC1.CC(=O)N1CCN(c2ccc(CCc3ccc(CCOS(C)(=O)=O)cc3)nc2)CC1.[2H]CF.[N-]=[N+]=[N-].[Na+]. The summed E-state index contributed by atoms with van der Waals surface area (Å²) >= 11 is 0. The summed E-state index contributed by atoms with van der Waals surface area (Å²) in [5, 5.41) is 3.57. The van der Waals surface area contributed by atoms with Crippen LogP contribution in [0.5, 0.6) is 0 Å². The predicted molar refractivity (Wildman–Crippen MR) is 244 cm³/mol. The zero-order valence-electron chi connectivity index (χ0n) is 38.3. The zero-order valence-corrected chi connectivity index (χ0v) is 40.1. The van der Waals surface area contributed by atoms with Gasteiger partial charge in [0, 0.05) is 89.0 Å². The number of carbonyl (C=O) groups excluding carboxylic acids is 2. The van der Waals surface area contributed by atoms with Crippen molar-refractivity contribution >= 4 is 33.3 Å². The van der Waals surface area contributed by atoms with E-state index in [1.165, 1.54) is 21.6 Å². The maximum atomic E-state index is 11.4.